The molecule has 6 nitrogen and oxygen atoms in total. The van der Waals surface area contributed by atoms with Gasteiger partial charge in [-0.05, 0) is 54.7 Å². The maximum Gasteiger partial charge on any atom is 0.416 e. The SMILES string of the molecule is O=Cc1ccc2c(c1)CCCC2NC(=O)CC(NS(=O)(=O)c1cccc(C(F)(F)F)c1)C(F)(F)F. The number of aldehydes is 1. The van der Waals surface area contributed by atoms with E-state index < -0.39 is 57.2 Å². The first-order valence-corrected chi connectivity index (χ1v) is 11.8. The van der Waals surface area contributed by atoms with Crippen LogP contribution in [-0.2, 0) is 27.4 Å². The van der Waals surface area contributed by atoms with Gasteiger partial charge in [0.1, 0.15) is 12.3 Å². The minimum Gasteiger partial charge on any atom is -0.349 e. The summed E-state index contributed by atoms with van der Waals surface area (Å²) in [4.78, 5) is 22.4. The molecule has 0 radical (unpaired) electrons. The van der Waals surface area contributed by atoms with Gasteiger partial charge in [-0.25, -0.2) is 8.42 Å². The molecule has 190 valence electrons. The zero-order valence-electron chi connectivity index (χ0n) is 17.9. The summed E-state index contributed by atoms with van der Waals surface area (Å²) < 4.78 is 106. The number of alkyl halides is 6. The Morgan fingerprint density at radius 3 is 2.43 bits per heavy atom. The maximum absolute atomic E-state index is 13.6. The van der Waals surface area contributed by atoms with E-state index in [-0.39, 0.29) is 6.07 Å². The highest BCUT2D eigenvalue weighted by atomic mass is 32.2. The lowest BCUT2D eigenvalue weighted by Gasteiger charge is -2.28. The van der Waals surface area contributed by atoms with Gasteiger partial charge in [-0.1, -0.05) is 18.2 Å². The Bertz CT molecular complexity index is 1210. The predicted octanol–water partition coefficient (Wildman–Crippen LogP) is 4.31. The summed E-state index contributed by atoms with van der Waals surface area (Å²) in [7, 11) is -5.04. The van der Waals surface area contributed by atoms with E-state index in [1.54, 1.807) is 12.1 Å². The molecule has 0 heterocycles. The smallest absolute Gasteiger partial charge is 0.349 e. The fraction of sp³-hybridized carbons (Fsp3) is 0.364. The van der Waals surface area contributed by atoms with Crippen molar-refractivity contribution in [3.05, 3.63) is 64.7 Å². The number of amides is 1. The minimum absolute atomic E-state index is 0.211. The summed E-state index contributed by atoms with van der Waals surface area (Å²) >= 11 is 0. The molecule has 0 bridgehead atoms. The van der Waals surface area contributed by atoms with E-state index in [9.17, 15) is 44.3 Å². The highest BCUT2D eigenvalue weighted by Gasteiger charge is 2.44. The molecule has 0 spiro atoms. The molecule has 1 amide bonds. The van der Waals surface area contributed by atoms with Crippen LogP contribution in [0.15, 0.2) is 47.4 Å². The molecule has 2 aromatic rings. The Morgan fingerprint density at radius 1 is 1.09 bits per heavy atom. The Morgan fingerprint density at radius 2 is 1.80 bits per heavy atom. The molecule has 1 aliphatic carbocycles. The number of hydrogen-bond donors (Lipinski definition) is 2. The topological polar surface area (TPSA) is 92.3 Å². The number of carbonyl (C=O) groups excluding carboxylic acids is 2. The second-order valence-corrected chi connectivity index (χ2v) is 9.75. The van der Waals surface area contributed by atoms with Crippen molar-refractivity contribution in [2.75, 3.05) is 0 Å². The molecule has 2 aromatic carbocycles. The lowest BCUT2D eigenvalue weighted by molar-refractivity contribution is -0.158. The van der Waals surface area contributed by atoms with Crippen LogP contribution in [0.4, 0.5) is 26.3 Å². The standard InChI is InChI=1S/C22H20F6N2O4S/c23-21(24,25)15-4-2-5-16(10-15)35(33,34)30-19(22(26,27)28)11-20(32)29-18-6-1-3-14-9-13(12-31)7-8-17(14)18/h2,4-5,7-10,12,18-19,30H,1,3,6,11H2,(H,29,32). The second-order valence-electron chi connectivity index (χ2n) is 8.03. The monoisotopic (exact) mass is 522 g/mol. The molecule has 2 unspecified atom stereocenters. The van der Waals surface area contributed by atoms with Gasteiger partial charge in [0.2, 0.25) is 15.9 Å². The van der Waals surface area contributed by atoms with Crippen LogP contribution in [0.3, 0.4) is 0 Å². The molecule has 0 fully saturated rings. The molecule has 0 saturated carbocycles. The van der Waals surface area contributed by atoms with Gasteiger partial charge in [0, 0.05) is 5.56 Å². The number of aryl methyl sites for hydroxylation is 1. The van der Waals surface area contributed by atoms with Crippen molar-refractivity contribution in [3.63, 3.8) is 0 Å². The Kier molecular flexibility index (Phi) is 7.60. The van der Waals surface area contributed by atoms with Gasteiger partial charge in [0.25, 0.3) is 0 Å². The van der Waals surface area contributed by atoms with Gasteiger partial charge in [0.15, 0.2) is 0 Å². The van der Waals surface area contributed by atoms with Crippen molar-refractivity contribution in [2.24, 2.45) is 0 Å². The first-order valence-electron chi connectivity index (χ1n) is 10.3. The van der Waals surface area contributed by atoms with Crippen molar-refractivity contribution in [3.8, 4) is 0 Å². The van der Waals surface area contributed by atoms with Gasteiger partial charge in [-0.2, -0.15) is 31.1 Å². The van der Waals surface area contributed by atoms with E-state index >= 15 is 0 Å². The van der Waals surface area contributed by atoms with Crippen LogP contribution in [0.1, 0.15) is 52.4 Å². The lowest BCUT2D eigenvalue weighted by Crippen LogP contribution is -2.48. The molecule has 1 aliphatic rings. The summed E-state index contributed by atoms with van der Waals surface area (Å²) in [5.74, 6) is -1.10. The summed E-state index contributed by atoms with van der Waals surface area (Å²) in [6.07, 6.45) is -9.14. The first kappa shape index (κ1) is 26.7. The summed E-state index contributed by atoms with van der Waals surface area (Å²) in [5.41, 5.74) is 0.472. The molecule has 3 rings (SSSR count). The van der Waals surface area contributed by atoms with Crippen molar-refractivity contribution < 1.29 is 44.3 Å². The number of rotatable bonds is 7. The molecule has 35 heavy (non-hydrogen) atoms. The van der Waals surface area contributed by atoms with Crippen molar-refractivity contribution in [1.29, 1.82) is 0 Å². The highest BCUT2D eigenvalue weighted by molar-refractivity contribution is 7.89. The third-order valence-corrected chi connectivity index (χ3v) is 6.98. The van der Waals surface area contributed by atoms with Crippen molar-refractivity contribution >= 4 is 22.2 Å². The fourth-order valence-electron chi connectivity index (χ4n) is 3.82. The van der Waals surface area contributed by atoms with E-state index in [0.717, 1.165) is 17.7 Å². The first-order chi connectivity index (χ1) is 16.2. The quantitative estimate of drug-likeness (QED) is 0.419. The van der Waals surface area contributed by atoms with E-state index in [4.69, 9.17) is 0 Å². The number of carbonyl (C=O) groups is 2. The van der Waals surface area contributed by atoms with Gasteiger partial charge in [-0.15, -0.1) is 0 Å². The molecule has 0 aliphatic heterocycles. The molecule has 13 heteroatoms. The van der Waals surface area contributed by atoms with Gasteiger partial charge in [0.05, 0.1) is 22.9 Å². The third kappa shape index (κ3) is 6.60. The number of halogens is 6. The largest absolute Gasteiger partial charge is 0.416 e. The Balaban J connectivity index is 1.77. The molecule has 0 saturated heterocycles. The van der Waals surface area contributed by atoms with Crippen LogP contribution in [0.5, 0.6) is 0 Å². The normalized spacial score (nSPS) is 17.4. The highest BCUT2D eigenvalue weighted by Crippen LogP contribution is 2.32. The van der Waals surface area contributed by atoms with Crippen LogP contribution >= 0.6 is 0 Å². The Labute approximate surface area is 196 Å². The lowest BCUT2D eigenvalue weighted by atomic mass is 9.86. The van der Waals surface area contributed by atoms with Crippen LogP contribution in [-0.4, -0.2) is 32.8 Å². The average Bonchev–Trinajstić information content (AvgIpc) is 2.77. The van der Waals surface area contributed by atoms with E-state index in [1.807, 2.05) is 0 Å². The van der Waals surface area contributed by atoms with E-state index in [2.05, 4.69) is 5.32 Å². The van der Waals surface area contributed by atoms with E-state index in [0.29, 0.717) is 42.7 Å². The van der Waals surface area contributed by atoms with Crippen molar-refractivity contribution in [1.82, 2.24) is 10.0 Å². The number of hydrogen-bond acceptors (Lipinski definition) is 4. The number of sulfonamides is 1. The fourth-order valence-corrected chi connectivity index (χ4v) is 5.08. The Hall–Kier alpha value is -2.93. The number of benzene rings is 2. The van der Waals surface area contributed by atoms with Crippen LogP contribution < -0.4 is 10.0 Å². The number of fused-ring (bicyclic) bond motifs is 1. The van der Waals surface area contributed by atoms with Gasteiger partial charge < -0.3 is 5.32 Å². The third-order valence-electron chi connectivity index (χ3n) is 5.51. The summed E-state index contributed by atoms with van der Waals surface area (Å²) in [5, 5.41) is 2.46. The van der Waals surface area contributed by atoms with Crippen molar-refractivity contribution in [2.45, 2.75) is 55.0 Å². The zero-order valence-corrected chi connectivity index (χ0v) is 18.7. The zero-order chi connectivity index (χ0) is 26.0. The van der Waals surface area contributed by atoms with E-state index in [1.165, 1.54) is 10.8 Å². The maximum atomic E-state index is 13.6. The number of nitrogens with one attached hydrogen (secondary N) is 2. The predicted molar refractivity (Wildman–Crippen MR) is 112 cm³/mol. The molecule has 2 N–H and O–H groups in total. The van der Waals surface area contributed by atoms with Crippen LogP contribution in [0.25, 0.3) is 0 Å². The van der Waals surface area contributed by atoms with Crippen LogP contribution in [0, 0.1) is 0 Å². The molecule has 2 atom stereocenters. The van der Waals surface area contributed by atoms with Gasteiger partial charge in [-0.3, -0.25) is 9.59 Å². The summed E-state index contributed by atoms with van der Waals surface area (Å²) in [6.45, 7) is 0. The summed E-state index contributed by atoms with van der Waals surface area (Å²) in [6, 6.07) is 3.49. The molecular weight excluding hydrogens is 502 g/mol. The van der Waals surface area contributed by atoms with Crippen LogP contribution in [0.2, 0.25) is 0 Å². The molecular formula is C22H20F6N2O4S. The second kappa shape index (κ2) is 9.97. The average molecular weight is 522 g/mol. The van der Waals surface area contributed by atoms with Gasteiger partial charge >= 0.3 is 12.4 Å². The minimum atomic E-state index is -5.20. The molecule has 0 aromatic heterocycles.